The molecule has 1 aromatic carbocycles. The SMILES string of the molecule is CCOc1ccc(C(=O)c2occc2Br)cc1. The molecule has 2 rings (SSSR count). The third kappa shape index (κ3) is 2.58. The summed E-state index contributed by atoms with van der Waals surface area (Å²) in [6.45, 7) is 2.52. The van der Waals surface area contributed by atoms with Crippen LogP contribution in [0.1, 0.15) is 23.0 Å². The zero-order chi connectivity index (χ0) is 12.3. The maximum absolute atomic E-state index is 12.0. The number of hydrogen-bond donors (Lipinski definition) is 0. The largest absolute Gasteiger partial charge is 0.494 e. The first-order valence-electron chi connectivity index (χ1n) is 5.23. The molecule has 4 heteroatoms. The molecule has 0 amide bonds. The zero-order valence-corrected chi connectivity index (χ0v) is 10.9. The van der Waals surface area contributed by atoms with Gasteiger partial charge in [0.15, 0.2) is 5.76 Å². The molecule has 17 heavy (non-hydrogen) atoms. The second-order valence-electron chi connectivity index (χ2n) is 3.38. The van der Waals surface area contributed by atoms with Crippen molar-refractivity contribution in [3.8, 4) is 5.75 Å². The first-order valence-corrected chi connectivity index (χ1v) is 6.02. The molecule has 1 heterocycles. The van der Waals surface area contributed by atoms with E-state index in [2.05, 4.69) is 15.9 Å². The smallest absolute Gasteiger partial charge is 0.229 e. The molecule has 0 saturated heterocycles. The Morgan fingerprint density at radius 1 is 1.29 bits per heavy atom. The topological polar surface area (TPSA) is 39.4 Å². The number of ketones is 1. The van der Waals surface area contributed by atoms with Crippen molar-refractivity contribution in [2.45, 2.75) is 6.92 Å². The Bertz CT molecular complexity index is 514. The van der Waals surface area contributed by atoms with E-state index in [1.165, 1.54) is 6.26 Å². The highest BCUT2D eigenvalue weighted by atomic mass is 79.9. The van der Waals surface area contributed by atoms with Crippen LogP contribution in [0, 0.1) is 0 Å². The van der Waals surface area contributed by atoms with Gasteiger partial charge in [0.1, 0.15) is 5.75 Å². The molecule has 0 N–H and O–H groups in total. The molecule has 88 valence electrons. The predicted molar refractivity (Wildman–Crippen MR) is 67.5 cm³/mol. The number of halogens is 1. The van der Waals surface area contributed by atoms with Crippen molar-refractivity contribution < 1.29 is 13.9 Å². The number of ether oxygens (including phenoxy) is 1. The summed E-state index contributed by atoms with van der Waals surface area (Å²) in [6, 6.07) is 8.69. The van der Waals surface area contributed by atoms with Gasteiger partial charge in [-0.15, -0.1) is 0 Å². The van der Waals surface area contributed by atoms with E-state index in [4.69, 9.17) is 9.15 Å². The van der Waals surface area contributed by atoms with Crippen molar-refractivity contribution in [3.05, 3.63) is 52.4 Å². The minimum Gasteiger partial charge on any atom is -0.494 e. The Kier molecular flexibility index (Phi) is 3.64. The average molecular weight is 295 g/mol. The van der Waals surface area contributed by atoms with E-state index in [1.807, 2.05) is 6.92 Å². The molecule has 0 atom stereocenters. The van der Waals surface area contributed by atoms with Gasteiger partial charge in [0, 0.05) is 5.56 Å². The van der Waals surface area contributed by atoms with E-state index in [9.17, 15) is 4.79 Å². The normalized spacial score (nSPS) is 10.2. The Labute approximate surface area is 108 Å². The molecule has 0 saturated carbocycles. The Morgan fingerprint density at radius 2 is 2.00 bits per heavy atom. The lowest BCUT2D eigenvalue weighted by Gasteiger charge is -2.03. The Hall–Kier alpha value is -1.55. The molecule has 0 bridgehead atoms. The molecule has 0 aliphatic rings. The van der Waals surface area contributed by atoms with E-state index in [0.29, 0.717) is 22.4 Å². The third-order valence-electron chi connectivity index (χ3n) is 2.25. The summed E-state index contributed by atoms with van der Waals surface area (Å²) in [5.41, 5.74) is 0.573. The quantitative estimate of drug-likeness (QED) is 0.808. The van der Waals surface area contributed by atoms with Crippen LogP contribution in [0.2, 0.25) is 0 Å². The van der Waals surface area contributed by atoms with E-state index >= 15 is 0 Å². The highest BCUT2D eigenvalue weighted by Gasteiger charge is 2.15. The number of benzene rings is 1. The molecular formula is C13H11BrO3. The maximum Gasteiger partial charge on any atom is 0.229 e. The lowest BCUT2D eigenvalue weighted by atomic mass is 10.1. The summed E-state index contributed by atoms with van der Waals surface area (Å²) in [5, 5.41) is 0. The number of carbonyl (C=O) groups is 1. The molecule has 0 aliphatic carbocycles. The predicted octanol–water partition coefficient (Wildman–Crippen LogP) is 3.67. The summed E-state index contributed by atoms with van der Waals surface area (Å²) in [4.78, 5) is 12.0. The van der Waals surface area contributed by atoms with Gasteiger partial charge in [-0.2, -0.15) is 0 Å². The first kappa shape index (κ1) is 11.9. The molecule has 3 nitrogen and oxygen atoms in total. The van der Waals surface area contributed by atoms with Gasteiger partial charge in [-0.1, -0.05) is 0 Å². The van der Waals surface area contributed by atoms with Gasteiger partial charge in [0.25, 0.3) is 0 Å². The number of rotatable bonds is 4. The average Bonchev–Trinajstić information content (AvgIpc) is 2.76. The van der Waals surface area contributed by atoms with Gasteiger partial charge in [-0.05, 0) is 53.2 Å². The van der Waals surface area contributed by atoms with Crippen LogP contribution in [0.4, 0.5) is 0 Å². The molecule has 0 fully saturated rings. The second kappa shape index (κ2) is 5.19. The fourth-order valence-corrected chi connectivity index (χ4v) is 1.84. The van der Waals surface area contributed by atoms with Gasteiger partial charge < -0.3 is 9.15 Å². The standard InChI is InChI=1S/C13H11BrO3/c1-2-16-10-5-3-9(4-6-10)12(15)13-11(14)7-8-17-13/h3-8H,2H2,1H3. The van der Waals surface area contributed by atoms with Crippen LogP contribution in [-0.4, -0.2) is 12.4 Å². The van der Waals surface area contributed by atoms with Gasteiger partial charge in [0.05, 0.1) is 17.3 Å². The van der Waals surface area contributed by atoms with E-state index in [-0.39, 0.29) is 5.78 Å². The van der Waals surface area contributed by atoms with Gasteiger partial charge in [0.2, 0.25) is 5.78 Å². The van der Waals surface area contributed by atoms with E-state index in [0.717, 1.165) is 5.75 Å². The van der Waals surface area contributed by atoms with Crippen LogP contribution in [0.15, 0.2) is 45.5 Å². The highest BCUT2D eigenvalue weighted by molar-refractivity contribution is 9.10. The number of carbonyl (C=O) groups excluding carboxylic acids is 1. The molecule has 1 aromatic heterocycles. The van der Waals surface area contributed by atoms with E-state index < -0.39 is 0 Å². The minimum atomic E-state index is -0.148. The van der Waals surface area contributed by atoms with Crippen molar-refractivity contribution in [3.63, 3.8) is 0 Å². The van der Waals surface area contributed by atoms with Crippen LogP contribution >= 0.6 is 15.9 Å². The van der Waals surface area contributed by atoms with Crippen LogP contribution in [0.25, 0.3) is 0 Å². The lowest BCUT2D eigenvalue weighted by Crippen LogP contribution is -2.00. The van der Waals surface area contributed by atoms with Crippen molar-refractivity contribution in [1.29, 1.82) is 0 Å². The Morgan fingerprint density at radius 3 is 2.53 bits per heavy atom. The fraction of sp³-hybridized carbons (Fsp3) is 0.154. The fourth-order valence-electron chi connectivity index (χ4n) is 1.46. The summed E-state index contributed by atoms with van der Waals surface area (Å²) < 4.78 is 11.1. The summed E-state index contributed by atoms with van der Waals surface area (Å²) in [7, 11) is 0. The lowest BCUT2D eigenvalue weighted by molar-refractivity contribution is 0.101. The van der Waals surface area contributed by atoms with Crippen molar-refractivity contribution in [2.75, 3.05) is 6.61 Å². The zero-order valence-electron chi connectivity index (χ0n) is 9.27. The summed E-state index contributed by atoms with van der Waals surface area (Å²) in [6.07, 6.45) is 1.48. The summed E-state index contributed by atoms with van der Waals surface area (Å²) >= 11 is 3.26. The molecule has 2 aromatic rings. The number of furan rings is 1. The minimum absolute atomic E-state index is 0.148. The third-order valence-corrected chi connectivity index (χ3v) is 2.88. The van der Waals surface area contributed by atoms with Crippen molar-refractivity contribution >= 4 is 21.7 Å². The highest BCUT2D eigenvalue weighted by Crippen LogP contribution is 2.22. The van der Waals surface area contributed by atoms with Crippen LogP contribution < -0.4 is 4.74 Å². The molecular weight excluding hydrogens is 284 g/mol. The first-order chi connectivity index (χ1) is 8.22. The number of hydrogen-bond acceptors (Lipinski definition) is 3. The van der Waals surface area contributed by atoms with Gasteiger partial charge in [-0.25, -0.2) is 0 Å². The van der Waals surface area contributed by atoms with Crippen molar-refractivity contribution in [2.24, 2.45) is 0 Å². The van der Waals surface area contributed by atoms with Crippen LogP contribution in [0.3, 0.4) is 0 Å². The van der Waals surface area contributed by atoms with Gasteiger partial charge in [-0.3, -0.25) is 4.79 Å². The van der Waals surface area contributed by atoms with Gasteiger partial charge >= 0.3 is 0 Å². The summed E-state index contributed by atoms with van der Waals surface area (Å²) in [5.74, 6) is 0.918. The molecule has 0 unspecified atom stereocenters. The van der Waals surface area contributed by atoms with E-state index in [1.54, 1.807) is 30.3 Å². The van der Waals surface area contributed by atoms with Crippen LogP contribution in [0.5, 0.6) is 5.75 Å². The second-order valence-corrected chi connectivity index (χ2v) is 4.24. The van der Waals surface area contributed by atoms with Crippen molar-refractivity contribution in [1.82, 2.24) is 0 Å². The molecule has 0 radical (unpaired) electrons. The Balaban J connectivity index is 2.23. The molecule has 0 aliphatic heterocycles. The van der Waals surface area contributed by atoms with Crippen LogP contribution in [-0.2, 0) is 0 Å². The molecule has 0 spiro atoms. The monoisotopic (exact) mass is 294 g/mol. The maximum atomic E-state index is 12.0.